The predicted molar refractivity (Wildman–Crippen MR) is 74.1 cm³/mol. The topological polar surface area (TPSA) is 101 Å². The molecule has 7 nitrogen and oxygen atoms in total. The van der Waals surface area contributed by atoms with Crippen LogP contribution in [0.25, 0.3) is 0 Å². The number of halogens is 1. The van der Waals surface area contributed by atoms with E-state index < -0.39 is 14.9 Å². The van der Waals surface area contributed by atoms with E-state index in [-0.39, 0.29) is 22.2 Å². The number of rotatable bonds is 7. The number of nitro benzene ring substituents is 1. The zero-order valence-corrected chi connectivity index (χ0v) is 11.8. The van der Waals surface area contributed by atoms with Gasteiger partial charge in [0.05, 0.1) is 16.4 Å². The zero-order valence-electron chi connectivity index (χ0n) is 10.2. The van der Waals surface area contributed by atoms with Crippen LogP contribution in [-0.2, 0) is 10.0 Å². The lowest BCUT2D eigenvalue weighted by Gasteiger charge is -2.08. The van der Waals surface area contributed by atoms with Crippen molar-refractivity contribution in [2.24, 2.45) is 0 Å². The van der Waals surface area contributed by atoms with Crippen LogP contribution in [-0.4, -0.2) is 32.2 Å². The van der Waals surface area contributed by atoms with Crippen LogP contribution in [0.1, 0.15) is 6.92 Å². The highest BCUT2D eigenvalue weighted by Gasteiger charge is 2.16. The highest BCUT2D eigenvalue weighted by atomic mass is 35.5. The molecule has 0 fully saturated rings. The Kier molecular flexibility index (Phi) is 5.52. The molecular formula is C10H14ClN3O4S. The maximum atomic E-state index is 11.7. The molecule has 0 atom stereocenters. The normalized spacial score (nSPS) is 11.3. The molecule has 1 rings (SSSR count). The zero-order chi connectivity index (χ0) is 14.5. The van der Waals surface area contributed by atoms with Crippen molar-refractivity contribution in [3.63, 3.8) is 0 Å². The van der Waals surface area contributed by atoms with E-state index in [1.54, 1.807) is 0 Å². The summed E-state index contributed by atoms with van der Waals surface area (Å²) in [7, 11) is -3.54. The maximum absolute atomic E-state index is 11.7. The SMILES string of the molecule is CCNCCS(=O)(=O)Nc1ccc(Cl)c([N+](=O)[O-])c1. The summed E-state index contributed by atoms with van der Waals surface area (Å²) in [4.78, 5) is 10.0. The van der Waals surface area contributed by atoms with Gasteiger partial charge in [-0.05, 0) is 18.7 Å². The van der Waals surface area contributed by atoms with Gasteiger partial charge in [0.1, 0.15) is 5.02 Å². The van der Waals surface area contributed by atoms with Crippen molar-refractivity contribution >= 4 is 33.0 Å². The van der Waals surface area contributed by atoms with Crippen molar-refractivity contribution in [2.75, 3.05) is 23.6 Å². The predicted octanol–water partition coefficient (Wildman–Crippen LogP) is 1.60. The third-order valence-electron chi connectivity index (χ3n) is 2.21. The minimum absolute atomic E-state index is 0.0411. The Bertz CT molecular complexity index is 562. The summed E-state index contributed by atoms with van der Waals surface area (Å²) in [6.45, 7) is 2.84. The van der Waals surface area contributed by atoms with Crippen LogP contribution in [0.2, 0.25) is 5.02 Å². The Morgan fingerprint density at radius 2 is 2.11 bits per heavy atom. The maximum Gasteiger partial charge on any atom is 0.289 e. The third kappa shape index (κ3) is 5.01. The molecule has 0 aliphatic carbocycles. The monoisotopic (exact) mass is 307 g/mol. The van der Waals surface area contributed by atoms with E-state index in [1.807, 2.05) is 6.92 Å². The first-order chi connectivity index (χ1) is 8.85. The van der Waals surface area contributed by atoms with E-state index in [1.165, 1.54) is 12.1 Å². The molecule has 0 saturated heterocycles. The van der Waals surface area contributed by atoms with E-state index >= 15 is 0 Å². The van der Waals surface area contributed by atoms with E-state index in [4.69, 9.17) is 11.6 Å². The largest absolute Gasteiger partial charge is 0.316 e. The van der Waals surface area contributed by atoms with Gasteiger partial charge in [0, 0.05) is 12.6 Å². The number of anilines is 1. The Labute approximate surface area is 116 Å². The lowest BCUT2D eigenvalue weighted by molar-refractivity contribution is -0.384. The van der Waals surface area contributed by atoms with E-state index in [0.29, 0.717) is 13.1 Å². The van der Waals surface area contributed by atoms with Crippen molar-refractivity contribution in [2.45, 2.75) is 6.92 Å². The summed E-state index contributed by atoms with van der Waals surface area (Å²) in [6, 6.07) is 3.75. The molecular weight excluding hydrogens is 294 g/mol. The molecule has 2 N–H and O–H groups in total. The minimum Gasteiger partial charge on any atom is -0.316 e. The van der Waals surface area contributed by atoms with E-state index in [2.05, 4.69) is 10.0 Å². The Balaban J connectivity index is 2.82. The van der Waals surface area contributed by atoms with E-state index in [9.17, 15) is 18.5 Å². The van der Waals surface area contributed by atoms with Crippen molar-refractivity contribution in [3.05, 3.63) is 33.3 Å². The number of nitro groups is 1. The standard InChI is InChI=1S/C10H14ClN3O4S/c1-2-12-5-6-19(17,18)13-8-3-4-9(11)10(7-8)14(15)16/h3-4,7,12-13H,2,5-6H2,1H3. The van der Waals surface area contributed by atoms with Gasteiger partial charge >= 0.3 is 0 Å². The van der Waals surface area contributed by atoms with Gasteiger partial charge in [-0.3, -0.25) is 14.8 Å². The fourth-order valence-electron chi connectivity index (χ4n) is 1.33. The number of hydrogen-bond donors (Lipinski definition) is 2. The molecule has 0 saturated carbocycles. The molecule has 0 unspecified atom stereocenters. The summed E-state index contributed by atoms with van der Waals surface area (Å²) >= 11 is 5.64. The summed E-state index contributed by atoms with van der Waals surface area (Å²) in [6.07, 6.45) is 0. The van der Waals surface area contributed by atoms with Crippen molar-refractivity contribution in [1.29, 1.82) is 0 Å². The number of nitrogens with zero attached hydrogens (tertiary/aromatic N) is 1. The van der Waals surface area contributed by atoms with Crippen LogP contribution < -0.4 is 10.0 Å². The lowest BCUT2D eigenvalue weighted by Crippen LogP contribution is -2.26. The minimum atomic E-state index is -3.54. The lowest BCUT2D eigenvalue weighted by atomic mass is 10.3. The molecule has 0 heterocycles. The summed E-state index contributed by atoms with van der Waals surface area (Å²) in [5.74, 6) is -0.114. The van der Waals surface area contributed by atoms with Gasteiger partial charge in [0.25, 0.3) is 5.69 Å². The molecule has 0 radical (unpaired) electrons. The molecule has 0 aliphatic heterocycles. The summed E-state index contributed by atoms with van der Waals surface area (Å²) in [5.41, 5.74) is -0.221. The summed E-state index contributed by atoms with van der Waals surface area (Å²) < 4.78 is 25.6. The second-order valence-corrected chi connectivity index (χ2v) is 5.95. The fraction of sp³-hybridized carbons (Fsp3) is 0.400. The van der Waals surface area contributed by atoms with Crippen molar-refractivity contribution in [3.8, 4) is 0 Å². The Hall–Kier alpha value is -1.38. The van der Waals surface area contributed by atoms with Gasteiger partial charge in [0.2, 0.25) is 10.0 Å². The van der Waals surface area contributed by atoms with Gasteiger partial charge < -0.3 is 5.32 Å². The number of nitrogens with one attached hydrogen (secondary N) is 2. The average molecular weight is 308 g/mol. The van der Waals surface area contributed by atoms with Gasteiger partial charge in [-0.25, -0.2) is 8.42 Å². The molecule has 106 valence electrons. The van der Waals surface area contributed by atoms with Crippen LogP contribution in [0.15, 0.2) is 18.2 Å². The van der Waals surface area contributed by atoms with Gasteiger partial charge in [-0.2, -0.15) is 0 Å². The van der Waals surface area contributed by atoms with Crippen molar-refractivity contribution < 1.29 is 13.3 Å². The van der Waals surface area contributed by atoms with Gasteiger partial charge in [-0.15, -0.1) is 0 Å². The second-order valence-electron chi connectivity index (χ2n) is 3.70. The number of benzene rings is 1. The van der Waals surface area contributed by atoms with Crippen LogP contribution in [0.3, 0.4) is 0 Å². The van der Waals surface area contributed by atoms with Crippen LogP contribution in [0.5, 0.6) is 0 Å². The number of sulfonamides is 1. The quantitative estimate of drug-likeness (QED) is 0.452. The Morgan fingerprint density at radius 3 is 2.68 bits per heavy atom. The molecule has 1 aromatic rings. The fourth-order valence-corrected chi connectivity index (χ4v) is 2.52. The highest BCUT2D eigenvalue weighted by Crippen LogP contribution is 2.27. The molecule has 0 aliphatic rings. The molecule has 0 bridgehead atoms. The molecule has 9 heteroatoms. The molecule has 0 aromatic heterocycles. The summed E-state index contributed by atoms with van der Waals surface area (Å²) in [5, 5.41) is 13.5. The molecule has 19 heavy (non-hydrogen) atoms. The first-order valence-corrected chi connectivity index (χ1v) is 7.54. The van der Waals surface area contributed by atoms with Crippen LogP contribution in [0, 0.1) is 10.1 Å². The third-order valence-corrected chi connectivity index (χ3v) is 3.82. The average Bonchev–Trinajstić information content (AvgIpc) is 2.31. The smallest absolute Gasteiger partial charge is 0.289 e. The first-order valence-electron chi connectivity index (χ1n) is 5.51. The van der Waals surface area contributed by atoms with Gasteiger partial charge in [0.15, 0.2) is 0 Å². The highest BCUT2D eigenvalue weighted by molar-refractivity contribution is 7.92. The van der Waals surface area contributed by atoms with Crippen LogP contribution in [0.4, 0.5) is 11.4 Å². The number of hydrogen-bond acceptors (Lipinski definition) is 5. The molecule has 1 aromatic carbocycles. The first kappa shape index (κ1) is 15.7. The van der Waals surface area contributed by atoms with Crippen molar-refractivity contribution in [1.82, 2.24) is 5.32 Å². The Morgan fingerprint density at radius 1 is 1.42 bits per heavy atom. The second kappa shape index (κ2) is 6.69. The molecule has 0 spiro atoms. The van der Waals surface area contributed by atoms with E-state index in [0.717, 1.165) is 6.07 Å². The molecule has 0 amide bonds. The van der Waals surface area contributed by atoms with Crippen LogP contribution >= 0.6 is 11.6 Å². The van der Waals surface area contributed by atoms with Gasteiger partial charge in [-0.1, -0.05) is 18.5 Å².